The van der Waals surface area contributed by atoms with Crippen molar-refractivity contribution in [3.8, 4) is 0 Å². The predicted octanol–water partition coefficient (Wildman–Crippen LogP) is 3.52. The molecule has 0 bridgehead atoms. The topological polar surface area (TPSA) is 40.6 Å². The number of benzene rings is 2. The largest absolute Gasteiger partial charge is 0.277 e. The van der Waals surface area contributed by atoms with Gasteiger partial charge < -0.3 is 0 Å². The van der Waals surface area contributed by atoms with Crippen LogP contribution in [-0.2, 0) is 9.59 Å². The number of amides is 2. The van der Waals surface area contributed by atoms with E-state index >= 15 is 0 Å². The molecule has 20 heavy (non-hydrogen) atoms. The van der Waals surface area contributed by atoms with E-state index in [9.17, 15) is 9.59 Å². The third-order valence-electron chi connectivity index (χ3n) is 2.41. The molecule has 102 valence electrons. The Morgan fingerprint density at radius 1 is 0.650 bits per heavy atom. The molecular weight excluding hydrogens is 292 g/mol. The highest BCUT2D eigenvalue weighted by Gasteiger charge is 2.11. The third kappa shape index (κ3) is 3.79. The second kappa shape index (κ2) is 7.62. The molecule has 0 atom stereocenters. The maximum Gasteiger partial charge on any atom is 0.224 e. The molecule has 0 aliphatic rings. The molecule has 0 heterocycles. The predicted molar refractivity (Wildman–Crippen MR) is 85.2 cm³/mol. The molecule has 6 heteroatoms. The average molecular weight is 304 g/mol. The zero-order valence-corrected chi connectivity index (χ0v) is 12.1. The van der Waals surface area contributed by atoms with Crippen LogP contribution < -0.4 is 8.61 Å². The van der Waals surface area contributed by atoms with E-state index in [0.29, 0.717) is 0 Å². The van der Waals surface area contributed by atoms with Gasteiger partial charge in [-0.25, -0.2) is 8.61 Å². The molecule has 2 rings (SSSR count). The number of hydrogen-bond donors (Lipinski definition) is 0. The number of nitrogens with zero attached hydrogens (tertiary/aromatic N) is 2. The Morgan fingerprint density at radius 3 is 1.30 bits per heavy atom. The van der Waals surface area contributed by atoms with Crippen molar-refractivity contribution >= 4 is 46.2 Å². The highest BCUT2D eigenvalue weighted by atomic mass is 33.1. The molecule has 0 unspecified atom stereocenters. The zero-order valence-electron chi connectivity index (χ0n) is 10.5. The van der Waals surface area contributed by atoms with E-state index in [-0.39, 0.29) is 0 Å². The number of carbonyl (C=O) groups is 2. The van der Waals surface area contributed by atoms with E-state index in [1.54, 1.807) is 0 Å². The second-order valence-corrected chi connectivity index (χ2v) is 5.66. The van der Waals surface area contributed by atoms with Crippen molar-refractivity contribution in [3.63, 3.8) is 0 Å². The first-order chi connectivity index (χ1) is 9.85. The van der Waals surface area contributed by atoms with Gasteiger partial charge in [-0.15, -0.1) is 0 Å². The Labute approximate surface area is 125 Å². The summed E-state index contributed by atoms with van der Waals surface area (Å²) in [5.74, 6) is 0. The van der Waals surface area contributed by atoms with Gasteiger partial charge in [0, 0.05) is 0 Å². The van der Waals surface area contributed by atoms with Crippen LogP contribution in [0.2, 0.25) is 0 Å². The van der Waals surface area contributed by atoms with Gasteiger partial charge in [-0.3, -0.25) is 9.59 Å². The van der Waals surface area contributed by atoms with Crippen molar-refractivity contribution in [1.29, 1.82) is 0 Å². The highest BCUT2D eigenvalue weighted by Crippen LogP contribution is 2.34. The molecule has 0 spiro atoms. The van der Waals surface area contributed by atoms with Crippen LogP contribution in [0.1, 0.15) is 0 Å². The van der Waals surface area contributed by atoms with Crippen LogP contribution in [0.4, 0.5) is 11.4 Å². The van der Waals surface area contributed by atoms with Crippen LogP contribution in [0.25, 0.3) is 0 Å². The van der Waals surface area contributed by atoms with Gasteiger partial charge in [-0.2, -0.15) is 0 Å². The number of carbonyl (C=O) groups excluding carboxylic acids is 2. The smallest absolute Gasteiger partial charge is 0.224 e. The lowest BCUT2D eigenvalue weighted by atomic mass is 10.3. The standard InChI is InChI=1S/C14H12N2O2S2/c17-11-15(13-7-3-1-4-8-13)19-20-16(12-18)14-9-5-2-6-10-14/h1-12H. The number of anilines is 2. The summed E-state index contributed by atoms with van der Waals surface area (Å²) in [7, 11) is 2.36. The van der Waals surface area contributed by atoms with Crippen molar-refractivity contribution in [2.75, 3.05) is 8.61 Å². The van der Waals surface area contributed by atoms with Crippen LogP contribution in [0.5, 0.6) is 0 Å². The first kappa shape index (κ1) is 14.5. The summed E-state index contributed by atoms with van der Waals surface area (Å²) in [4.78, 5) is 22.3. The first-order valence-electron chi connectivity index (χ1n) is 5.79. The van der Waals surface area contributed by atoms with Gasteiger partial charge in [0.05, 0.1) is 33.3 Å². The SMILES string of the molecule is O=CN(SSN(C=O)c1ccccc1)c1ccccc1. The number of hydrogen-bond acceptors (Lipinski definition) is 4. The lowest BCUT2D eigenvalue weighted by Crippen LogP contribution is -2.14. The second-order valence-electron chi connectivity index (χ2n) is 3.68. The molecule has 2 aromatic carbocycles. The van der Waals surface area contributed by atoms with E-state index in [4.69, 9.17) is 0 Å². The summed E-state index contributed by atoms with van der Waals surface area (Å²) in [6.07, 6.45) is 1.45. The van der Waals surface area contributed by atoms with Gasteiger partial charge >= 0.3 is 0 Å². The Bertz CT molecular complexity index is 500. The number of para-hydroxylation sites is 2. The molecule has 0 fully saturated rings. The maximum absolute atomic E-state index is 11.1. The molecule has 0 radical (unpaired) electrons. The van der Waals surface area contributed by atoms with Crippen molar-refractivity contribution in [2.45, 2.75) is 0 Å². The summed E-state index contributed by atoms with van der Waals surface area (Å²) in [6.45, 7) is 0. The fourth-order valence-electron chi connectivity index (χ4n) is 1.46. The van der Waals surface area contributed by atoms with Crippen LogP contribution in [0.15, 0.2) is 60.7 Å². The molecule has 2 aromatic rings. The van der Waals surface area contributed by atoms with Gasteiger partial charge in [0.1, 0.15) is 0 Å². The fraction of sp³-hybridized carbons (Fsp3) is 0. The van der Waals surface area contributed by atoms with E-state index < -0.39 is 0 Å². The van der Waals surface area contributed by atoms with Crippen molar-refractivity contribution in [2.24, 2.45) is 0 Å². The molecule has 4 nitrogen and oxygen atoms in total. The molecule has 0 saturated heterocycles. The summed E-state index contributed by atoms with van der Waals surface area (Å²) < 4.78 is 2.92. The average Bonchev–Trinajstić information content (AvgIpc) is 2.53. The van der Waals surface area contributed by atoms with E-state index in [2.05, 4.69) is 0 Å². The first-order valence-corrected chi connectivity index (χ1v) is 7.85. The van der Waals surface area contributed by atoms with E-state index in [0.717, 1.165) is 24.2 Å². The van der Waals surface area contributed by atoms with E-state index in [1.165, 1.54) is 30.6 Å². The summed E-state index contributed by atoms with van der Waals surface area (Å²) in [5, 5.41) is 0. The molecule has 0 aliphatic carbocycles. The Morgan fingerprint density at radius 2 is 1.00 bits per heavy atom. The number of rotatable bonds is 7. The minimum absolute atomic E-state index is 0.723. The highest BCUT2D eigenvalue weighted by molar-refractivity contribution is 8.77. The molecular formula is C14H12N2O2S2. The van der Waals surface area contributed by atoms with Crippen molar-refractivity contribution < 1.29 is 9.59 Å². The van der Waals surface area contributed by atoms with Crippen molar-refractivity contribution in [3.05, 3.63) is 60.7 Å². The minimum atomic E-state index is 0.723. The van der Waals surface area contributed by atoms with Gasteiger partial charge in [0.25, 0.3) is 0 Å². The Kier molecular flexibility index (Phi) is 5.52. The minimum Gasteiger partial charge on any atom is -0.277 e. The normalized spacial score (nSPS) is 9.80. The molecule has 0 aliphatic heterocycles. The summed E-state index contributed by atoms with van der Waals surface area (Å²) in [5.41, 5.74) is 1.53. The lowest BCUT2D eigenvalue weighted by molar-refractivity contribution is -0.107. The van der Waals surface area contributed by atoms with Crippen LogP contribution in [0.3, 0.4) is 0 Å². The van der Waals surface area contributed by atoms with E-state index in [1.807, 2.05) is 60.7 Å². The van der Waals surface area contributed by atoms with Gasteiger partial charge in [-0.05, 0) is 24.3 Å². The summed E-state index contributed by atoms with van der Waals surface area (Å²) >= 11 is 0. The Balaban J connectivity index is 2.02. The fourth-order valence-corrected chi connectivity index (χ4v) is 3.25. The van der Waals surface area contributed by atoms with Crippen LogP contribution >= 0.6 is 22.0 Å². The molecule has 0 N–H and O–H groups in total. The summed E-state index contributed by atoms with van der Waals surface area (Å²) in [6, 6.07) is 18.5. The third-order valence-corrected chi connectivity index (χ3v) is 4.55. The maximum atomic E-state index is 11.1. The lowest BCUT2D eigenvalue weighted by Gasteiger charge is -2.19. The van der Waals surface area contributed by atoms with Crippen LogP contribution in [0, 0.1) is 0 Å². The quantitative estimate of drug-likeness (QED) is 0.446. The molecule has 2 amide bonds. The van der Waals surface area contributed by atoms with Gasteiger partial charge in [-0.1, -0.05) is 36.4 Å². The van der Waals surface area contributed by atoms with Crippen molar-refractivity contribution in [1.82, 2.24) is 0 Å². The van der Waals surface area contributed by atoms with Crippen LogP contribution in [-0.4, -0.2) is 12.8 Å². The van der Waals surface area contributed by atoms with Gasteiger partial charge in [0.2, 0.25) is 12.8 Å². The Hall–Kier alpha value is -1.92. The van der Waals surface area contributed by atoms with Gasteiger partial charge in [0.15, 0.2) is 0 Å². The molecule has 0 saturated carbocycles. The monoisotopic (exact) mass is 304 g/mol. The molecule has 0 aromatic heterocycles. The zero-order chi connectivity index (χ0) is 14.2.